The molecule has 2 saturated carbocycles. The SMILES string of the molecule is CN1CCN(Cc2ccc3c(c2)c(=O)n([C@H]2CC[C@H](NC(=O)CC#N)CC2)c2nc(NCC4CC4)ncc32)CC1. The van der Waals surface area contributed by atoms with Gasteiger partial charge in [0.25, 0.3) is 5.56 Å². The van der Waals surface area contributed by atoms with Crippen molar-refractivity contribution >= 4 is 33.7 Å². The number of aromatic nitrogens is 3. The highest BCUT2D eigenvalue weighted by atomic mass is 16.1. The van der Waals surface area contributed by atoms with Crippen LogP contribution in [-0.4, -0.2) is 76.1 Å². The Morgan fingerprint density at radius 3 is 2.55 bits per heavy atom. The minimum absolute atomic E-state index is 0.00784. The number of nitrogens with zero attached hydrogens (tertiary/aromatic N) is 6. The molecule has 0 bridgehead atoms. The Morgan fingerprint density at radius 2 is 1.82 bits per heavy atom. The molecule has 0 unspecified atom stereocenters. The van der Waals surface area contributed by atoms with Crippen LogP contribution in [0, 0.1) is 17.2 Å². The zero-order chi connectivity index (χ0) is 27.6. The summed E-state index contributed by atoms with van der Waals surface area (Å²) in [6, 6.07) is 8.19. The van der Waals surface area contributed by atoms with Gasteiger partial charge in [0.2, 0.25) is 11.9 Å². The Kier molecular flexibility index (Phi) is 7.67. The summed E-state index contributed by atoms with van der Waals surface area (Å²) in [6.45, 7) is 5.84. The summed E-state index contributed by atoms with van der Waals surface area (Å²) in [4.78, 5) is 40.5. The minimum atomic E-state index is -0.230. The molecule has 0 radical (unpaired) electrons. The van der Waals surface area contributed by atoms with E-state index in [2.05, 4.69) is 50.7 Å². The van der Waals surface area contributed by atoms with Gasteiger partial charge < -0.3 is 15.5 Å². The molecule has 0 spiro atoms. The summed E-state index contributed by atoms with van der Waals surface area (Å²) in [5.74, 6) is 1.02. The standard InChI is InChI=1S/C30H38N8O2/c1-36-12-14-37(15-13-36)19-21-4-9-24-25(16-21)29(40)38(23-7-5-22(6-8-23)34-27(39)10-11-31)28-26(24)18-33-30(35-28)32-17-20-2-3-20/h4,9,16,18,20,22-23H,2-3,5-8,10,12-15,17,19H2,1H3,(H,34,39)(H,32,33,35)/t22-,23-. The van der Waals surface area contributed by atoms with Crippen molar-refractivity contribution in [2.45, 2.75) is 63.6 Å². The first-order valence-electron chi connectivity index (χ1n) is 14.6. The second kappa shape index (κ2) is 11.5. The lowest BCUT2D eigenvalue weighted by Gasteiger charge is -2.32. The number of hydrogen-bond donors (Lipinski definition) is 2. The van der Waals surface area contributed by atoms with Crippen molar-refractivity contribution < 1.29 is 4.79 Å². The number of rotatable bonds is 8. The third-order valence-electron chi connectivity index (χ3n) is 8.73. The van der Waals surface area contributed by atoms with Crippen LogP contribution in [0.4, 0.5) is 5.95 Å². The molecule has 3 fully saturated rings. The highest BCUT2D eigenvalue weighted by molar-refractivity contribution is 6.04. The molecule has 3 aliphatic rings. The molecular formula is C30H38N8O2. The first-order valence-corrected chi connectivity index (χ1v) is 14.6. The maximum atomic E-state index is 14.2. The predicted octanol–water partition coefficient (Wildman–Crippen LogP) is 3.03. The van der Waals surface area contributed by atoms with Crippen molar-refractivity contribution in [3.05, 3.63) is 40.3 Å². The smallest absolute Gasteiger partial charge is 0.260 e. The third kappa shape index (κ3) is 5.81. The van der Waals surface area contributed by atoms with E-state index in [0.717, 1.165) is 81.3 Å². The fourth-order valence-corrected chi connectivity index (χ4v) is 6.15. The lowest BCUT2D eigenvalue weighted by molar-refractivity contribution is -0.121. The highest BCUT2D eigenvalue weighted by Crippen LogP contribution is 2.33. The zero-order valence-corrected chi connectivity index (χ0v) is 23.2. The second-order valence-electron chi connectivity index (χ2n) is 11.8. The first-order chi connectivity index (χ1) is 19.5. The normalized spacial score (nSPS) is 22.3. The summed E-state index contributed by atoms with van der Waals surface area (Å²) in [5, 5.41) is 17.7. The topological polar surface area (TPSA) is 119 Å². The first kappa shape index (κ1) is 26.7. The van der Waals surface area contributed by atoms with E-state index in [1.807, 2.05) is 16.8 Å². The third-order valence-corrected chi connectivity index (χ3v) is 8.73. The Balaban J connectivity index is 1.34. The Hall–Kier alpha value is -3.55. The summed E-state index contributed by atoms with van der Waals surface area (Å²) in [6.07, 6.45) is 7.25. The molecule has 1 aromatic carbocycles. The number of amides is 1. The average Bonchev–Trinajstić information content (AvgIpc) is 3.79. The largest absolute Gasteiger partial charge is 0.354 e. The molecule has 210 valence electrons. The fourth-order valence-electron chi connectivity index (χ4n) is 6.15. The number of likely N-dealkylation sites (N-methyl/N-ethyl adjacent to an activating group) is 1. The summed E-state index contributed by atoms with van der Waals surface area (Å²) >= 11 is 0. The molecule has 6 rings (SSSR count). The van der Waals surface area contributed by atoms with Gasteiger partial charge in [-0.3, -0.25) is 19.1 Å². The van der Waals surface area contributed by atoms with Crippen molar-refractivity contribution in [3.63, 3.8) is 0 Å². The van der Waals surface area contributed by atoms with Crippen LogP contribution in [0.25, 0.3) is 21.8 Å². The predicted molar refractivity (Wildman–Crippen MR) is 155 cm³/mol. The minimum Gasteiger partial charge on any atom is -0.354 e. The van der Waals surface area contributed by atoms with Gasteiger partial charge in [-0.1, -0.05) is 12.1 Å². The van der Waals surface area contributed by atoms with E-state index >= 15 is 0 Å². The molecule has 1 aliphatic heterocycles. The summed E-state index contributed by atoms with van der Waals surface area (Å²) in [7, 11) is 2.16. The Labute approximate surface area is 234 Å². The number of carbonyl (C=O) groups excluding carboxylic acids is 1. The van der Waals surface area contributed by atoms with Crippen molar-refractivity contribution in [2.24, 2.45) is 5.92 Å². The average molecular weight is 543 g/mol. The quantitative estimate of drug-likeness (QED) is 0.417. The zero-order valence-electron chi connectivity index (χ0n) is 23.2. The summed E-state index contributed by atoms with van der Waals surface area (Å²) < 4.78 is 1.90. The van der Waals surface area contributed by atoms with Crippen LogP contribution < -0.4 is 16.2 Å². The molecule has 1 amide bonds. The maximum absolute atomic E-state index is 14.2. The van der Waals surface area contributed by atoms with Crippen molar-refractivity contribution in [2.75, 3.05) is 45.1 Å². The van der Waals surface area contributed by atoms with E-state index in [1.165, 1.54) is 12.8 Å². The molecule has 1 saturated heterocycles. The molecule has 3 aromatic rings. The number of pyridine rings is 1. The van der Waals surface area contributed by atoms with Gasteiger partial charge in [-0.05, 0) is 68.5 Å². The number of carbonyl (C=O) groups is 1. The lowest BCUT2D eigenvalue weighted by atomic mass is 9.90. The number of piperazine rings is 1. The van der Waals surface area contributed by atoms with Gasteiger partial charge in [-0.25, -0.2) is 4.98 Å². The molecule has 2 N–H and O–H groups in total. The van der Waals surface area contributed by atoms with E-state index in [9.17, 15) is 9.59 Å². The number of fused-ring (bicyclic) bond motifs is 3. The molecule has 40 heavy (non-hydrogen) atoms. The molecule has 2 aliphatic carbocycles. The van der Waals surface area contributed by atoms with Gasteiger partial charge in [0.1, 0.15) is 12.1 Å². The van der Waals surface area contributed by atoms with E-state index in [0.29, 0.717) is 22.9 Å². The van der Waals surface area contributed by atoms with Crippen LogP contribution in [0.15, 0.2) is 29.2 Å². The van der Waals surface area contributed by atoms with Crippen LogP contribution >= 0.6 is 0 Å². The number of hydrogen-bond acceptors (Lipinski definition) is 8. The molecule has 0 atom stereocenters. The van der Waals surface area contributed by atoms with E-state index in [-0.39, 0.29) is 30.0 Å². The Morgan fingerprint density at radius 1 is 1.05 bits per heavy atom. The van der Waals surface area contributed by atoms with Crippen LogP contribution in [0.1, 0.15) is 56.6 Å². The Bertz CT molecular complexity index is 1490. The second-order valence-corrected chi connectivity index (χ2v) is 11.8. The van der Waals surface area contributed by atoms with Gasteiger partial charge in [-0.15, -0.1) is 0 Å². The van der Waals surface area contributed by atoms with Gasteiger partial charge in [0, 0.05) is 68.3 Å². The number of benzene rings is 1. The highest BCUT2D eigenvalue weighted by Gasteiger charge is 2.27. The number of anilines is 1. The van der Waals surface area contributed by atoms with Crippen LogP contribution in [0.5, 0.6) is 0 Å². The monoisotopic (exact) mass is 542 g/mol. The molecule has 10 heteroatoms. The van der Waals surface area contributed by atoms with Crippen molar-refractivity contribution in [1.82, 2.24) is 29.7 Å². The summed E-state index contributed by atoms with van der Waals surface area (Å²) in [5.41, 5.74) is 1.81. The maximum Gasteiger partial charge on any atom is 0.260 e. The van der Waals surface area contributed by atoms with Gasteiger partial charge in [0.05, 0.1) is 6.07 Å². The van der Waals surface area contributed by atoms with Gasteiger partial charge in [0.15, 0.2) is 0 Å². The van der Waals surface area contributed by atoms with Crippen molar-refractivity contribution in [1.29, 1.82) is 5.26 Å². The van der Waals surface area contributed by atoms with Crippen LogP contribution in [0.3, 0.4) is 0 Å². The van der Waals surface area contributed by atoms with Gasteiger partial charge >= 0.3 is 0 Å². The van der Waals surface area contributed by atoms with Gasteiger partial charge in [-0.2, -0.15) is 10.2 Å². The molecular weight excluding hydrogens is 504 g/mol. The number of nitrogens with one attached hydrogen (secondary N) is 2. The lowest BCUT2D eigenvalue weighted by Crippen LogP contribution is -2.43. The molecule has 3 heterocycles. The van der Waals surface area contributed by atoms with E-state index < -0.39 is 0 Å². The van der Waals surface area contributed by atoms with E-state index in [1.54, 1.807) is 0 Å². The van der Waals surface area contributed by atoms with Crippen LogP contribution in [0.2, 0.25) is 0 Å². The van der Waals surface area contributed by atoms with E-state index in [4.69, 9.17) is 10.2 Å². The van der Waals surface area contributed by atoms with Crippen LogP contribution in [-0.2, 0) is 11.3 Å². The fraction of sp³-hybridized carbons (Fsp3) is 0.567. The molecule has 10 nitrogen and oxygen atoms in total. The van der Waals surface area contributed by atoms with Crippen molar-refractivity contribution in [3.8, 4) is 6.07 Å². The number of nitriles is 1. The molecule has 2 aromatic heterocycles.